The fourth-order valence-corrected chi connectivity index (χ4v) is 3.03. The van der Waals surface area contributed by atoms with Crippen LogP contribution >= 0.6 is 22.6 Å². The van der Waals surface area contributed by atoms with Gasteiger partial charge in [0, 0.05) is 9.13 Å². The Morgan fingerprint density at radius 3 is 2.45 bits per heavy atom. The van der Waals surface area contributed by atoms with E-state index in [9.17, 15) is 14.4 Å². The number of benzene rings is 3. The molecule has 1 amide bonds. The average Bonchev–Trinajstić information content (AvgIpc) is 2.74. The number of anilines is 1. The van der Waals surface area contributed by atoms with Crippen molar-refractivity contribution in [1.29, 1.82) is 5.26 Å². The maximum atomic E-state index is 13.6. The van der Waals surface area contributed by atoms with Crippen LogP contribution in [0.5, 0.6) is 5.75 Å². The minimum atomic E-state index is -0.475. The molecule has 0 aliphatic carbocycles. The lowest BCUT2D eigenvalue weighted by atomic mass is 10.1. The molecule has 0 atom stereocenters. The molecule has 0 saturated carbocycles. The number of carbonyl (C=O) groups is 1. The summed E-state index contributed by atoms with van der Waals surface area (Å²) in [5.74, 6) is -0.228. The number of nitrogens with one attached hydrogen (secondary N) is 1. The Kier molecular flexibility index (Phi) is 6.98. The summed E-state index contributed by atoms with van der Waals surface area (Å²) in [6.45, 7) is 0.115. The smallest absolute Gasteiger partial charge is 0.266 e. The van der Waals surface area contributed by atoms with E-state index in [1.165, 1.54) is 12.1 Å². The number of carbonyl (C=O) groups excluding carboxylic acids is 1. The lowest BCUT2D eigenvalue weighted by Gasteiger charge is -2.08. The van der Waals surface area contributed by atoms with Crippen molar-refractivity contribution in [3.63, 3.8) is 0 Å². The van der Waals surface area contributed by atoms with Gasteiger partial charge in [0.1, 0.15) is 29.8 Å². The Morgan fingerprint density at radius 1 is 1.07 bits per heavy atom. The monoisotopic (exact) mass is 498 g/mol. The standard InChI is InChI=1S/C23H16FIN2O2/c24-20-6-2-1-5-17(20)15-29-19-11-9-16(10-12-19)13-18(14-26)23(28)27-22-8-4-3-7-21(22)25/h1-13H,15H2,(H,27,28)/b18-13+. The third kappa shape index (κ3) is 5.65. The molecule has 29 heavy (non-hydrogen) atoms. The number of halogens is 2. The molecule has 4 nitrogen and oxygen atoms in total. The molecule has 0 spiro atoms. The molecule has 0 aromatic heterocycles. The van der Waals surface area contributed by atoms with Gasteiger partial charge in [0.15, 0.2) is 0 Å². The molecule has 144 valence electrons. The maximum Gasteiger partial charge on any atom is 0.266 e. The molecular formula is C23H16FIN2O2. The van der Waals surface area contributed by atoms with Crippen LogP contribution in [0.4, 0.5) is 10.1 Å². The molecule has 0 bridgehead atoms. The predicted octanol–water partition coefficient (Wildman–Crippen LogP) is 5.55. The second-order valence-corrected chi connectivity index (χ2v) is 7.22. The molecule has 0 aliphatic heterocycles. The quantitative estimate of drug-likeness (QED) is 0.275. The number of hydrogen-bond acceptors (Lipinski definition) is 3. The van der Waals surface area contributed by atoms with Crippen LogP contribution in [0, 0.1) is 20.7 Å². The summed E-state index contributed by atoms with van der Waals surface area (Å²) in [6.07, 6.45) is 1.51. The van der Waals surface area contributed by atoms with Crippen molar-refractivity contribution in [3.8, 4) is 11.8 Å². The molecule has 0 saturated heterocycles. The predicted molar refractivity (Wildman–Crippen MR) is 119 cm³/mol. The minimum absolute atomic E-state index is 0.00956. The minimum Gasteiger partial charge on any atom is -0.489 e. The zero-order valence-electron chi connectivity index (χ0n) is 15.2. The van der Waals surface area contributed by atoms with Crippen molar-refractivity contribution in [3.05, 3.63) is 98.9 Å². The molecule has 3 aromatic rings. The maximum absolute atomic E-state index is 13.6. The van der Waals surface area contributed by atoms with E-state index in [0.717, 1.165) is 3.57 Å². The highest BCUT2D eigenvalue weighted by Gasteiger charge is 2.11. The number of ether oxygens (including phenoxy) is 1. The lowest BCUT2D eigenvalue weighted by molar-refractivity contribution is -0.112. The van der Waals surface area contributed by atoms with Gasteiger partial charge in [-0.2, -0.15) is 5.26 Å². The van der Waals surface area contributed by atoms with Crippen molar-refractivity contribution in [2.45, 2.75) is 6.61 Å². The van der Waals surface area contributed by atoms with Crippen molar-refractivity contribution in [1.82, 2.24) is 0 Å². The Morgan fingerprint density at radius 2 is 1.76 bits per heavy atom. The van der Waals surface area contributed by atoms with Crippen molar-refractivity contribution < 1.29 is 13.9 Å². The van der Waals surface area contributed by atoms with Crippen molar-refractivity contribution in [2.75, 3.05) is 5.32 Å². The molecule has 0 radical (unpaired) electrons. The van der Waals surface area contributed by atoms with E-state index in [1.54, 1.807) is 48.5 Å². The molecule has 3 aromatic carbocycles. The summed E-state index contributed by atoms with van der Waals surface area (Å²) in [6, 6.07) is 22.6. The van der Waals surface area contributed by atoms with E-state index in [0.29, 0.717) is 22.6 Å². The second-order valence-electron chi connectivity index (χ2n) is 6.05. The highest BCUT2D eigenvalue weighted by atomic mass is 127. The van der Waals surface area contributed by atoms with Gasteiger partial charge in [-0.3, -0.25) is 4.79 Å². The number of para-hydroxylation sites is 1. The summed E-state index contributed by atoms with van der Waals surface area (Å²) in [4.78, 5) is 12.4. The zero-order chi connectivity index (χ0) is 20.6. The molecule has 0 aliphatic rings. The fraction of sp³-hybridized carbons (Fsp3) is 0.0435. The van der Waals surface area contributed by atoms with Gasteiger partial charge in [0.25, 0.3) is 5.91 Å². The normalized spacial score (nSPS) is 10.9. The summed E-state index contributed by atoms with van der Waals surface area (Å²) in [5.41, 5.74) is 1.79. The van der Waals surface area contributed by atoms with E-state index in [-0.39, 0.29) is 18.0 Å². The van der Waals surface area contributed by atoms with Crippen LogP contribution in [0.15, 0.2) is 78.4 Å². The first-order valence-corrected chi connectivity index (χ1v) is 9.78. The van der Waals surface area contributed by atoms with Gasteiger partial charge in [-0.15, -0.1) is 0 Å². The summed E-state index contributed by atoms with van der Waals surface area (Å²) >= 11 is 2.12. The van der Waals surface area contributed by atoms with Crippen LogP contribution in [0.25, 0.3) is 6.08 Å². The number of amides is 1. The lowest BCUT2D eigenvalue weighted by Crippen LogP contribution is -2.14. The highest BCUT2D eigenvalue weighted by Crippen LogP contribution is 2.20. The van der Waals surface area contributed by atoms with Crippen LogP contribution in [-0.2, 0) is 11.4 Å². The first kappa shape index (κ1) is 20.6. The van der Waals surface area contributed by atoms with Gasteiger partial charge in [-0.05, 0) is 64.6 Å². The van der Waals surface area contributed by atoms with E-state index in [1.807, 2.05) is 24.3 Å². The largest absolute Gasteiger partial charge is 0.489 e. The topological polar surface area (TPSA) is 62.1 Å². The van der Waals surface area contributed by atoms with Gasteiger partial charge >= 0.3 is 0 Å². The summed E-state index contributed by atoms with van der Waals surface area (Å²) in [5, 5.41) is 12.1. The second kappa shape index (κ2) is 9.85. The first-order chi connectivity index (χ1) is 14.1. The molecular weight excluding hydrogens is 482 g/mol. The number of nitrogens with zero attached hydrogens (tertiary/aromatic N) is 1. The van der Waals surface area contributed by atoms with Crippen molar-refractivity contribution >= 4 is 40.3 Å². The summed E-state index contributed by atoms with van der Waals surface area (Å²) in [7, 11) is 0. The van der Waals surface area contributed by atoms with Crippen LogP contribution < -0.4 is 10.1 Å². The van der Waals surface area contributed by atoms with Crippen LogP contribution in [0.2, 0.25) is 0 Å². The van der Waals surface area contributed by atoms with E-state index in [4.69, 9.17) is 4.74 Å². The number of nitriles is 1. The van der Waals surface area contributed by atoms with E-state index < -0.39 is 5.91 Å². The van der Waals surface area contributed by atoms with Gasteiger partial charge in [0.05, 0.1) is 5.69 Å². The molecule has 6 heteroatoms. The van der Waals surface area contributed by atoms with Crippen molar-refractivity contribution in [2.24, 2.45) is 0 Å². The Balaban J connectivity index is 1.67. The Hall–Kier alpha value is -3.18. The SMILES string of the molecule is N#C/C(=C\c1ccc(OCc2ccccc2F)cc1)C(=O)Nc1ccccc1I. The Labute approximate surface area is 181 Å². The van der Waals surface area contributed by atoms with Crippen LogP contribution in [-0.4, -0.2) is 5.91 Å². The van der Waals surface area contributed by atoms with Crippen LogP contribution in [0.1, 0.15) is 11.1 Å². The molecule has 1 N–H and O–H groups in total. The molecule has 0 heterocycles. The van der Waals surface area contributed by atoms with Gasteiger partial charge in [0.2, 0.25) is 0 Å². The first-order valence-electron chi connectivity index (χ1n) is 8.71. The molecule has 0 unspecified atom stereocenters. The zero-order valence-corrected chi connectivity index (χ0v) is 17.4. The van der Waals surface area contributed by atoms with E-state index >= 15 is 0 Å². The average molecular weight is 498 g/mol. The van der Waals surface area contributed by atoms with Gasteiger partial charge in [-0.1, -0.05) is 42.5 Å². The number of hydrogen-bond donors (Lipinski definition) is 1. The summed E-state index contributed by atoms with van der Waals surface area (Å²) < 4.78 is 20.1. The molecule has 3 rings (SSSR count). The highest BCUT2D eigenvalue weighted by molar-refractivity contribution is 14.1. The fourth-order valence-electron chi connectivity index (χ4n) is 2.50. The van der Waals surface area contributed by atoms with E-state index in [2.05, 4.69) is 27.9 Å². The molecule has 0 fully saturated rings. The third-order valence-corrected chi connectivity index (χ3v) is 4.97. The number of rotatable bonds is 6. The van der Waals surface area contributed by atoms with Gasteiger partial charge in [-0.25, -0.2) is 4.39 Å². The third-order valence-electron chi connectivity index (χ3n) is 4.03. The Bertz CT molecular complexity index is 1090. The van der Waals surface area contributed by atoms with Crippen LogP contribution in [0.3, 0.4) is 0 Å². The van der Waals surface area contributed by atoms with Gasteiger partial charge < -0.3 is 10.1 Å².